The second-order valence-corrected chi connectivity index (χ2v) is 5.01. The highest BCUT2D eigenvalue weighted by Gasteiger charge is 2.03. The first kappa shape index (κ1) is 14.5. The van der Waals surface area contributed by atoms with E-state index in [2.05, 4.69) is 43.2 Å². The monoisotopic (exact) mass is 270 g/mol. The Kier molecular flexibility index (Phi) is 5.13. The summed E-state index contributed by atoms with van der Waals surface area (Å²) < 4.78 is 5.87. The largest absolute Gasteiger partial charge is 0.439 e. The minimum Gasteiger partial charge on any atom is -0.439 e. The Labute approximate surface area is 121 Å². The van der Waals surface area contributed by atoms with Crippen molar-refractivity contribution in [2.75, 3.05) is 6.54 Å². The third-order valence-electron chi connectivity index (χ3n) is 3.06. The summed E-state index contributed by atoms with van der Waals surface area (Å²) in [6, 6.07) is 12.0. The Morgan fingerprint density at radius 3 is 2.75 bits per heavy atom. The van der Waals surface area contributed by atoms with Crippen molar-refractivity contribution in [3.05, 3.63) is 53.2 Å². The standard InChI is InChI=1S/C17H22N2O/c1-4-10-18-12-15-6-5-7-17(19-15)20-16-9-8-13(2)11-14(16)3/h5-9,11,18H,4,10,12H2,1-3H3. The zero-order chi connectivity index (χ0) is 14.4. The second kappa shape index (κ2) is 7.06. The minimum atomic E-state index is 0.646. The molecule has 0 atom stereocenters. The van der Waals surface area contributed by atoms with Crippen LogP contribution in [0.1, 0.15) is 30.2 Å². The molecule has 0 saturated carbocycles. The van der Waals surface area contributed by atoms with Crippen LogP contribution in [0.15, 0.2) is 36.4 Å². The van der Waals surface area contributed by atoms with Gasteiger partial charge in [0.25, 0.3) is 0 Å². The predicted octanol–water partition coefficient (Wildman–Crippen LogP) is 3.99. The van der Waals surface area contributed by atoms with Crippen LogP contribution in [0.5, 0.6) is 11.6 Å². The highest BCUT2D eigenvalue weighted by atomic mass is 16.5. The molecule has 1 N–H and O–H groups in total. The summed E-state index contributed by atoms with van der Waals surface area (Å²) in [5.74, 6) is 1.51. The van der Waals surface area contributed by atoms with Gasteiger partial charge in [-0.25, -0.2) is 4.98 Å². The molecule has 1 aromatic carbocycles. The third kappa shape index (κ3) is 4.07. The van der Waals surface area contributed by atoms with Crippen LogP contribution < -0.4 is 10.1 Å². The van der Waals surface area contributed by atoms with Gasteiger partial charge >= 0.3 is 0 Å². The lowest BCUT2D eigenvalue weighted by atomic mass is 10.1. The molecule has 0 aliphatic carbocycles. The van der Waals surface area contributed by atoms with E-state index < -0.39 is 0 Å². The molecule has 0 aliphatic heterocycles. The smallest absolute Gasteiger partial charge is 0.219 e. The van der Waals surface area contributed by atoms with Crippen LogP contribution in [0.3, 0.4) is 0 Å². The van der Waals surface area contributed by atoms with Crippen molar-refractivity contribution in [2.24, 2.45) is 0 Å². The van der Waals surface area contributed by atoms with Gasteiger partial charge in [-0.3, -0.25) is 0 Å². The van der Waals surface area contributed by atoms with E-state index in [0.717, 1.165) is 36.5 Å². The average Bonchev–Trinajstić information content (AvgIpc) is 2.43. The number of rotatable bonds is 6. The summed E-state index contributed by atoms with van der Waals surface area (Å²) in [5, 5.41) is 3.34. The van der Waals surface area contributed by atoms with E-state index in [0.29, 0.717) is 5.88 Å². The van der Waals surface area contributed by atoms with E-state index in [1.165, 1.54) is 5.56 Å². The summed E-state index contributed by atoms with van der Waals surface area (Å²) in [6.07, 6.45) is 1.12. The highest BCUT2D eigenvalue weighted by molar-refractivity contribution is 5.38. The number of ether oxygens (including phenoxy) is 1. The van der Waals surface area contributed by atoms with Crippen LogP contribution in [0.25, 0.3) is 0 Å². The van der Waals surface area contributed by atoms with Gasteiger partial charge in [-0.15, -0.1) is 0 Å². The minimum absolute atomic E-state index is 0.646. The van der Waals surface area contributed by atoms with Crippen LogP contribution >= 0.6 is 0 Å². The van der Waals surface area contributed by atoms with Gasteiger partial charge in [-0.05, 0) is 44.5 Å². The van der Waals surface area contributed by atoms with Crippen molar-refractivity contribution in [3.63, 3.8) is 0 Å². The summed E-state index contributed by atoms with van der Waals surface area (Å²) in [4.78, 5) is 4.52. The molecule has 0 bridgehead atoms. The topological polar surface area (TPSA) is 34.1 Å². The second-order valence-electron chi connectivity index (χ2n) is 5.01. The molecule has 3 heteroatoms. The van der Waals surface area contributed by atoms with Crippen molar-refractivity contribution in [3.8, 4) is 11.6 Å². The number of aromatic nitrogens is 1. The van der Waals surface area contributed by atoms with E-state index >= 15 is 0 Å². The Balaban J connectivity index is 2.07. The molecule has 1 heterocycles. The third-order valence-corrected chi connectivity index (χ3v) is 3.06. The maximum atomic E-state index is 5.87. The van der Waals surface area contributed by atoms with E-state index in [9.17, 15) is 0 Å². The van der Waals surface area contributed by atoms with Gasteiger partial charge in [-0.2, -0.15) is 0 Å². The summed E-state index contributed by atoms with van der Waals surface area (Å²) in [7, 11) is 0. The van der Waals surface area contributed by atoms with Gasteiger partial charge in [0.2, 0.25) is 5.88 Å². The van der Waals surface area contributed by atoms with Gasteiger partial charge < -0.3 is 10.1 Å². The molecule has 0 amide bonds. The highest BCUT2D eigenvalue weighted by Crippen LogP contribution is 2.24. The Morgan fingerprint density at radius 1 is 1.15 bits per heavy atom. The van der Waals surface area contributed by atoms with Crippen LogP contribution in [-0.2, 0) is 6.54 Å². The SMILES string of the molecule is CCCNCc1cccc(Oc2ccc(C)cc2C)n1. The summed E-state index contributed by atoms with van der Waals surface area (Å²) >= 11 is 0. The predicted molar refractivity (Wildman–Crippen MR) is 82.2 cm³/mol. The molecular weight excluding hydrogens is 248 g/mol. The molecule has 20 heavy (non-hydrogen) atoms. The molecular formula is C17H22N2O. The van der Waals surface area contributed by atoms with Crippen molar-refractivity contribution in [1.29, 1.82) is 0 Å². The van der Waals surface area contributed by atoms with E-state index in [1.54, 1.807) is 0 Å². The van der Waals surface area contributed by atoms with Crippen LogP contribution in [0, 0.1) is 13.8 Å². The quantitative estimate of drug-likeness (QED) is 0.806. The lowest BCUT2D eigenvalue weighted by Gasteiger charge is -2.10. The van der Waals surface area contributed by atoms with Gasteiger partial charge in [-0.1, -0.05) is 30.7 Å². The molecule has 106 valence electrons. The number of hydrogen-bond donors (Lipinski definition) is 1. The molecule has 0 fully saturated rings. The summed E-state index contributed by atoms with van der Waals surface area (Å²) in [5.41, 5.74) is 3.36. The van der Waals surface area contributed by atoms with Crippen LogP contribution in [-0.4, -0.2) is 11.5 Å². The molecule has 2 aromatic rings. The summed E-state index contributed by atoms with van der Waals surface area (Å²) in [6.45, 7) is 8.06. The van der Waals surface area contributed by atoms with Gasteiger partial charge in [0.15, 0.2) is 0 Å². The first-order valence-corrected chi connectivity index (χ1v) is 7.11. The molecule has 0 spiro atoms. The normalized spacial score (nSPS) is 10.6. The molecule has 3 nitrogen and oxygen atoms in total. The van der Waals surface area contributed by atoms with Crippen molar-refractivity contribution >= 4 is 0 Å². The first-order valence-electron chi connectivity index (χ1n) is 7.11. The van der Waals surface area contributed by atoms with Crippen molar-refractivity contribution < 1.29 is 4.74 Å². The first-order chi connectivity index (χ1) is 9.69. The van der Waals surface area contributed by atoms with E-state index in [1.807, 2.05) is 24.3 Å². The fourth-order valence-corrected chi connectivity index (χ4v) is 2.03. The zero-order valence-electron chi connectivity index (χ0n) is 12.4. The number of benzene rings is 1. The molecule has 0 saturated heterocycles. The van der Waals surface area contributed by atoms with E-state index in [4.69, 9.17) is 4.74 Å². The maximum absolute atomic E-state index is 5.87. The lowest BCUT2D eigenvalue weighted by Crippen LogP contribution is -2.14. The van der Waals surface area contributed by atoms with Crippen LogP contribution in [0.2, 0.25) is 0 Å². The number of hydrogen-bond acceptors (Lipinski definition) is 3. The van der Waals surface area contributed by atoms with Crippen molar-refractivity contribution in [2.45, 2.75) is 33.7 Å². The lowest BCUT2D eigenvalue weighted by molar-refractivity contribution is 0.456. The molecule has 0 radical (unpaired) electrons. The Hall–Kier alpha value is -1.87. The number of pyridine rings is 1. The number of aryl methyl sites for hydroxylation is 2. The number of nitrogens with zero attached hydrogens (tertiary/aromatic N) is 1. The van der Waals surface area contributed by atoms with Gasteiger partial charge in [0.05, 0.1) is 5.69 Å². The zero-order valence-corrected chi connectivity index (χ0v) is 12.4. The van der Waals surface area contributed by atoms with Crippen molar-refractivity contribution in [1.82, 2.24) is 10.3 Å². The fraction of sp³-hybridized carbons (Fsp3) is 0.353. The molecule has 0 unspecified atom stereocenters. The maximum Gasteiger partial charge on any atom is 0.219 e. The Bertz CT molecular complexity index is 567. The Morgan fingerprint density at radius 2 is 2.00 bits per heavy atom. The molecule has 1 aromatic heterocycles. The molecule has 0 aliphatic rings. The van der Waals surface area contributed by atoms with Crippen LogP contribution in [0.4, 0.5) is 0 Å². The van der Waals surface area contributed by atoms with Gasteiger partial charge in [0.1, 0.15) is 5.75 Å². The van der Waals surface area contributed by atoms with E-state index in [-0.39, 0.29) is 0 Å². The number of nitrogens with one attached hydrogen (secondary N) is 1. The fourth-order valence-electron chi connectivity index (χ4n) is 2.03. The molecule has 2 rings (SSSR count). The average molecular weight is 270 g/mol. The van der Waals surface area contributed by atoms with Gasteiger partial charge in [0, 0.05) is 12.6 Å².